The summed E-state index contributed by atoms with van der Waals surface area (Å²) in [5.41, 5.74) is 16.1. The van der Waals surface area contributed by atoms with Crippen LogP contribution in [-0.2, 0) is 0 Å². The van der Waals surface area contributed by atoms with Crippen molar-refractivity contribution in [2.75, 3.05) is 4.90 Å². The second-order valence-corrected chi connectivity index (χ2v) is 13.8. The van der Waals surface area contributed by atoms with Crippen molar-refractivity contribution < 1.29 is 0 Å². The maximum atomic E-state index is 9.70. The lowest BCUT2D eigenvalue weighted by Gasteiger charge is -2.30. The summed E-state index contributed by atoms with van der Waals surface area (Å²) >= 11 is 0. The molecule has 0 radical (unpaired) electrons. The highest BCUT2D eigenvalue weighted by molar-refractivity contribution is 6.36. The summed E-state index contributed by atoms with van der Waals surface area (Å²) in [6, 6.07) is 76.0. The van der Waals surface area contributed by atoms with Crippen LogP contribution < -0.4 is 10.2 Å². The Bertz CT molecular complexity index is 2670. The number of nitrogens with one attached hydrogen (secondary N) is 2. The van der Waals surface area contributed by atoms with E-state index in [4.69, 9.17) is 0 Å². The number of rotatable bonds is 9. The molecule has 3 nitrogen and oxygen atoms in total. The quantitative estimate of drug-likeness (QED) is 0.146. The summed E-state index contributed by atoms with van der Waals surface area (Å²) in [5.74, 6) is 0. The second kappa shape index (κ2) is 15.5. The van der Waals surface area contributed by atoms with E-state index in [0.29, 0.717) is 5.71 Å². The number of hydrogen-bond acceptors (Lipinski definition) is 3. The van der Waals surface area contributed by atoms with E-state index < -0.39 is 0 Å². The molecule has 2 N–H and O–H groups in total. The zero-order valence-electron chi connectivity index (χ0n) is 30.8. The Morgan fingerprint density at radius 3 is 1.39 bits per heavy atom. The molecule has 266 valence electrons. The average molecular weight is 718 g/mol. The van der Waals surface area contributed by atoms with Crippen LogP contribution in [0.5, 0.6) is 0 Å². The summed E-state index contributed by atoms with van der Waals surface area (Å²) in [6.07, 6.45) is 2.22. The molecule has 0 aromatic heterocycles. The van der Waals surface area contributed by atoms with Gasteiger partial charge in [0, 0.05) is 39.5 Å². The summed E-state index contributed by atoms with van der Waals surface area (Å²) < 4.78 is 0. The molecular weight excluding hydrogens is 679 g/mol. The van der Waals surface area contributed by atoms with E-state index in [9.17, 15) is 5.41 Å². The molecule has 1 heterocycles. The van der Waals surface area contributed by atoms with Gasteiger partial charge in [0.2, 0.25) is 0 Å². The van der Waals surface area contributed by atoms with Crippen molar-refractivity contribution in [1.29, 1.82) is 5.41 Å². The van der Waals surface area contributed by atoms with Gasteiger partial charge in [-0.1, -0.05) is 182 Å². The number of fused-ring (bicyclic) bond motifs is 1. The lowest BCUT2D eigenvalue weighted by molar-refractivity contribution is 1.21. The molecule has 0 atom stereocenters. The first-order valence-electron chi connectivity index (χ1n) is 18.9. The predicted octanol–water partition coefficient (Wildman–Crippen LogP) is 13.5. The van der Waals surface area contributed by atoms with E-state index in [-0.39, 0.29) is 0 Å². The summed E-state index contributed by atoms with van der Waals surface area (Å²) in [5, 5.41) is 13.5. The van der Waals surface area contributed by atoms with Crippen LogP contribution >= 0.6 is 0 Å². The van der Waals surface area contributed by atoms with Gasteiger partial charge >= 0.3 is 0 Å². The third kappa shape index (κ3) is 6.98. The van der Waals surface area contributed by atoms with Crippen LogP contribution in [0, 0.1) is 5.41 Å². The van der Waals surface area contributed by atoms with E-state index >= 15 is 0 Å². The molecule has 0 unspecified atom stereocenters. The maximum absolute atomic E-state index is 9.70. The van der Waals surface area contributed by atoms with Crippen LogP contribution in [0.1, 0.15) is 27.8 Å². The van der Waals surface area contributed by atoms with Gasteiger partial charge in [-0.05, 0) is 81.4 Å². The SMILES string of the molecule is N=C(/C(=C1\NC(c2ccccc2)=Cc2ccc(N(c3ccccc3)c3ccc(-c4ccc(-c5ccccc5)cc4)cc3)cc21)c1ccccc1)c1ccccc1. The molecule has 1 aliphatic rings. The second-order valence-electron chi connectivity index (χ2n) is 13.8. The molecule has 0 saturated heterocycles. The van der Waals surface area contributed by atoms with Crippen LogP contribution in [0.3, 0.4) is 0 Å². The molecule has 0 bridgehead atoms. The highest BCUT2D eigenvalue weighted by Gasteiger charge is 2.25. The first kappa shape index (κ1) is 34.3. The largest absolute Gasteiger partial charge is 0.354 e. The number of anilines is 3. The van der Waals surface area contributed by atoms with Gasteiger partial charge in [0.1, 0.15) is 0 Å². The molecule has 0 fully saturated rings. The highest BCUT2D eigenvalue weighted by Crippen LogP contribution is 2.42. The lowest BCUT2D eigenvalue weighted by Crippen LogP contribution is -2.21. The van der Waals surface area contributed by atoms with Crippen LogP contribution in [0.25, 0.3) is 45.3 Å². The first-order valence-corrected chi connectivity index (χ1v) is 18.9. The van der Waals surface area contributed by atoms with Crippen LogP contribution in [0.2, 0.25) is 0 Å². The van der Waals surface area contributed by atoms with E-state index in [0.717, 1.165) is 67.4 Å². The number of para-hydroxylation sites is 1. The molecule has 56 heavy (non-hydrogen) atoms. The average Bonchev–Trinajstić information content (AvgIpc) is 3.28. The van der Waals surface area contributed by atoms with E-state index in [1.807, 2.05) is 60.7 Å². The topological polar surface area (TPSA) is 39.1 Å². The minimum atomic E-state index is 0.456. The third-order valence-electron chi connectivity index (χ3n) is 10.3. The molecule has 1 aliphatic heterocycles. The van der Waals surface area contributed by atoms with Crippen molar-refractivity contribution in [3.63, 3.8) is 0 Å². The zero-order valence-corrected chi connectivity index (χ0v) is 30.8. The van der Waals surface area contributed by atoms with Crippen LogP contribution in [0.15, 0.2) is 218 Å². The smallest absolute Gasteiger partial charge is 0.0711 e. The molecule has 0 aliphatic carbocycles. The van der Waals surface area contributed by atoms with Gasteiger partial charge in [-0.15, -0.1) is 0 Å². The Labute approximate surface area is 328 Å². The first-order chi connectivity index (χ1) is 27.7. The van der Waals surface area contributed by atoms with Gasteiger partial charge in [-0.3, -0.25) is 5.41 Å². The molecule has 0 amide bonds. The fraction of sp³-hybridized carbons (Fsp3) is 0. The van der Waals surface area contributed by atoms with E-state index in [1.165, 1.54) is 16.7 Å². The normalized spacial score (nSPS) is 12.8. The van der Waals surface area contributed by atoms with Crippen molar-refractivity contribution in [3.05, 3.63) is 246 Å². The number of hydrogen-bond donors (Lipinski definition) is 2. The van der Waals surface area contributed by atoms with Gasteiger partial charge in [-0.25, -0.2) is 0 Å². The van der Waals surface area contributed by atoms with Gasteiger partial charge in [0.25, 0.3) is 0 Å². The fourth-order valence-corrected chi connectivity index (χ4v) is 7.47. The van der Waals surface area contributed by atoms with Gasteiger partial charge in [0.15, 0.2) is 0 Å². The minimum Gasteiger partial charge on any atom is -0.354 e. The summed E-state index contributed by atoms with van der Waals surface area (Å²) in [4.78, 5) is 2.31. The Balaban J connectivity index is 1.18. The molecule has 8 aromatic carbocycles. The summed E-state index contributed by atoms with van der Waals surface area (Å²) in [7, 11) is 0. The fourth-order valence-electron chi connectivity index (χ4n) is 7.47. The summed E-state index contributed by atoms with van der Waals surface area (Å²) in [6.45, 7) is 0. The predicted molar refractivity (Wildman–Crippen MR) is 236 cm³/mol. The van der Waals surface area contributed by atoms with Crippen molar-refractivity contribution in [2.24, 2.45) is 0 Å². The maximum Gasteiger partial charge on any atom is 0.0711 e. The Hall–Kier alpha value is -7.49. The van der Waals surface area contributed by atoms with E-state index in [1.54, 1.807) is 0 Å². The van der Waals surface area contributed by atoms with Crippen molar-refractivity contribution in [1.82, 2.24) is 5.32 Å². The van der Waals surface area contributed by atoms with Crippen LogP contribution in [-0.4, -0.2) is 5.71 Å². The van der Waals surface area contributed by atoms with Crippen molar-refractivity contribution in [3.8, 4) is 22.3 Å². The van der Waals surface area contributed by atoms with Crippen molar-refractivity contribution >= 4 is 45.8 Å². The van der Waals surface area contributed by atoms with Crippen LogP contribution in [0.4, 0.5) is 17.1 Å². The minimum absolute atomic E-state index is 0.456. The van der Waals surface area contributed by atoms with Gasteiger partial charge in [0.05, 0.1) is 11.4 Å². The molecule has 0 spiro atoms. The molecule has 3 heteroatoms. The number of nitrogens with zero attached hydrogens (tertiary/aromatic N) is 1. The standard InChI is InChI=1S/C53H39N3/c54-52(44-22-12-4-13-23-44)51(43-20-10-3-11-21-43)53-49-37-48(35-32-45(49)36-50(55-53)42-18-8-2-9-19-42)56(46-24-14-5-15-25-46)47-33-30-41(31-34-47)40-28-26-39(27-29-40)38-16-6-1-7-17-38/h1-37,54-55H/b53-51-,54-52?. The molecule has 8 aromatic rings. The Kier molecular flexibility index (Phi) is 9.47. The third-order valence-corrected chi connectivity index (χ3v) is 10.3. The Morgan fingerprint density at radius 1 is 0.393 bits per heavy atom. The number of benzene rings is 8. The molecule has 9 rings (SSSR count). The lowest BCUT2D eigenvalue weighted by atomic mass is 9.87. The Morgan fingerprint density at radius 2 is 0.821 bits per heavy atom. The van der Waals surface area contributed by atoms with Gasteiger partial charge in [-0.2, -0.15) is 0 Å². The molecular formula is C53H39N3. The number of allylic oxidation sites excluding steroid dienone is 1. The highest BCUT2D eigenvalue weighted by atomic mass is 15.1. The van der Waals surface area contributed by atoms with Gasteiger partial charge < -0.3 is 10.2 Å². The van der Waals surface area contributed by atoms with E-state index in [2.05, 4.69) is 174 Å². The monoisotopic (exact) mass is 717 g/mol. The van der Waals surface area contributed by atoms with Crippen molar-refractivity contribution in [2.45, 2.75) is 0 Å². The molecule has 0 saturated carbocycles. The zero-order chi connectivity index (χ0) is 37.7.